The van der Waals surface area contributed by atoms with Crippen LogP contribution < -0.4 is 11.5 Å². The molecule has 0 saturated heterocycles. The van der Waals surface area contributed by atoms with Gasteiger partial charge in [-0.2, -0.15) is 0 Å². The lowest BCUT2D eigenvalue weighted by molar-refractivity contribution is -0.192. The Kier molecular flexibility index (Phi) is 8.91. The second kappa shape index (κ2) is 12.1. The highest BCUT2D eigenvalue weighted by atomic mass is 16.7. The number of ether oxygens (including phenoxy) is 2. The van der Waals surface area contributed by atoms with E-state index in [2.05, 4.69) is 4.98 Å². The standard InChI is InChI=1S/C26H29N3O6/c1-16-23(31)22(19(15-30)14-29-16)26(34-24(32)20(27)12-17-8-4-2-5-9-17)35-25(33)21(28)13-18-10-6-3-7-11-18/h2-11,14,20-21,26,30-31H,12-13,15,27-28H2,1H3/t20-,21-/m0/s1. The number of aromatic hydroxyl groups is 1. The van der Waals surface area contributed by atoms with Crippen LogP contribution in [0.2, 0.25) is 0 Å². The molecule has 0 aliphatic carbocycles. The minimum atomic E-state index is -1.69. The largest absolute Gasteiger partial charge is 0.505 e. The van der Waals surface area contributed by atoms with Crippen molar-refractivity contribution in [3.63, 3.8) is 0 Å². The van der Waals surface area contributed by atoms with Gasteiger partial charge in [0.2, 0.25) is 0 Å². The summed E-state index contributed by atoms with van der Waals surface area (Å²) in [5.41, 5.74) is 13.9. The molecule has 3 rings (SSSR count). The summed E-state index contributed by atoms with van der Waals surface area (Å²) in [5, 5.41) is 20.4. The lowest BCUT2D eigenvalue weighted by atomic mass is 10.1. The molecule has 0 aliphatic heterocycles. The van der Waals surface area contributed by atoms with E-state index in [0.717, 1.165) is 11.1 Å². The second-order valence-electron chi connectivity index (χ2n) is 8.09. The number of carbonyl (C=O) groups excluding carboxylic acids is 2. The molecule has 0 amide bonds. The van der Waals surface area contributed by atoms with Crippen molar-refractivity contribution in [2.45, 2.75) is 44.7 Å². The number of esters is 2. The number of aliphatic hydroxyl groups is 1. The molecular formula is C26H29N3O6. The molecule has 1 aromatic heterocycles. The zero-order valence-electron chi connectivity index (χ0n) is 19.3. The summed E-state index contributed by atoms with van der Waals surface area (Å²) in [5.74, 6) is -2.10. The van der Waals surface area contributed by atoms with Crippen molar-refractivity contribution in [1.29, 1.82) is 0 Å². The lowest BCUT2D eigenvalue weighted by Gasteiger charge is -2.24. The first-order valence-corrected chi connectivity index (χ1v) is 11.1. The normalized spacial score (nSPS) is 12.7. The van der Waals surface area contributed by atoms with Gasteiger partial charge in [0.25, 0.3) is 6.29 Å². The van der Waals surface area contributed by atoms with Gasteiger partial charge in [0.05, 0.1) is 17.9 Å². The highest BCUT2D eigenvalue weighted by molar-refractivity contribution is 5.78. The third kappa shape index (κ3) is 6.86. The Morgan fingerprint density at radius 3 is 1.77 bits per heavy atom. The monoisotopic (exact) mass is 479 g/mol. The van der Waals surface area contributed by atoms with Gasteiger partial charge in [-0.15, -0.1) is 0 Å². The molecule has 9 heteroatoms. The van der Waals surface area contributed by atoms with Crippen molar-refractivity contribution in [2.75, 3.05) is 0 Å². The van der Waals surface area contributed by atoms with E-state index in [-0.39, 0.29) is 35.4 Å². The predicted molar refractivity (Wildman–Crippen MR) is 128 cm³/mol. The maximum Gasteiger partial charge on any atom is 0.326 e. The molecule has 0 aliphatic rings. The topological polar surface area (TPSA) is 158 Å². The van der Waals surface area contributed by atoms with Crippen LogP contribution in [-0.2, 0) is 38.5 Å². The van der Waals surface area contributed by atoms with E-state index in [0.29, 0.717) is 0 Å². The highest BCUT2D eigenvalue weighted by Gasteiger charge is 2.32. The van der Waals surface area contributed by atoms with Crippen molar-refractivity contribution in [3.05, 3.63) is 94.8 Å². The molecule has 0 spiro atoms. The van der Waals surface area contributed by atoms with Crippen molar-refractivity contribution in [3.8, 4) is 5.75 Å². The Morgan fingerprint density at radius 2 is 1.34 bits per heavy atom. The number of aromatic nitrogens is 1. The van der Waals surface area contributed by atoms with Crippen LogP contribution >= 0.6 is 0 Å². The van der Waals surface area contributed by atoms with Crippen LogP contribution in [0.25, 0.3) is 0 Å². The molecule has 0 unspecified atom stereocenters. The summed E-state index contributed by atoms with van der Waals surface area (Å²) in [4.78, 5) is 29.7. The molecule has 0 radical (unpaired) electrons. The predicted octanol–water partition coefficient (Wildman–Crippen LogP) is 1.81. The van der Waals surface area contributed by atoms with E-state index in [1.165, 1.54) is 13.1 Å². The van der Waals surface area contributed by atoms with Crippen molar-refractivity contribution in [2.24, 2.45) is 11.5 Å². The van der Waals surface area contributed by atoms with Crippen LogP contribution in [0.3, 0.4) is 0 Å². The van der Waals surface area contributed by atoms with Gasteiger partial charge in [0, 0.05) is 11.8 Å². The van der Waals surface area contributed by atoms with Crippen LogP contribution in [0.15, 0.2) is 66.9 Å². The number of nitrogens with zero attached hydrogens (tertiary/aromatic N) is 1. The molecule has 0 bridgehead atoms. The van der Waals surface area contributed by atoms with Gasteiger partial charge in [-0.05, 0) is 30.9 Å². The van der Waals surface area contributed by atoms with Crippen molar-refractivity contribution < 1.29 is 29.3 Å². The molecule has 3 aromatic rings. The molecule has 2 aromatic carbocycles. The molecule has 0 saturated carbocycles. The summed E-state index contributed by atoms with van der Waals surface area (Å²) < 4.78 is 10.9. The van der Waals surface area contributed by atoms with E-state index in [9.17, 15) is 19.8 Å². The molecular weight excluding hydrogens is 450 g/mol. The summed E-state index contributed by atoms with van der Waals surface area (Å²) in [6.45, 7) is 0.969. The molecule has 9 nitrogen and oxygen atoms in total. The molecule has 1 heterocycles. The van der Waals surface area contributed by atoms with Gasteiger partial charge >= 0.3 is 11.9 Å². The number of nitrogens with two attached hydrogens (primary N) is 2. The van der Waals surface area contributed by atoms with Crippen molar-refractivity contribution >= 4 is 11.9 Å². The van der Waals surface area contributed by atoms with E-state index < -0.39 is 36.9 Å². The van der Waals surface area contributed by atoms with Gasteiger partial charge < -0.3 is 31.2 Å². The Morgan fingerprint density at radius 1 is 0.886 bits per heavy atom. The van der Waals surface area contributed by atoms with Crippen molar-refractivity contribution in [1.82, 2.24) is 4.98 Å². The number of rotatable bonds is 10. The second-order valence-corrected chi connectivity index (χ2v) is 8.09. The summed E-state index contributed by atoms with van der Waals surface area (Å²) in [6.07, 6.45) is -0.0284. The number of pyridine rings is 1. The minimum Gasteiger partial charge on any atom is -0.505 e. The van der Waals surface area contributed by atoms with E-state index in [1.54, 1.807) is 0 Å². The average Bonchev–Trinajstić information content (AvgIpc) is 2.86. The summed E-state index contributed by atoms with van der Waals surface area (Å²) >= 11 is 0. The maximum absolute atomic E-state index is 12.8. The van der Waals surface area contributed by atoms with Crippen LogP contribution in [0.5, 0.6) is 5.75 Å². The number of carbonyl (C=O) groups is 2. The Hall–Kier alpha value is -3.79. The number of aliphatic hydroxyl groups excluding tert-OH is 1. The Labute approximate surface area is 203 Å². The highest BCUT2D eigenvalue weighted by Crippen LogP contribution is 2.33. The van der Waals surface area contributed by atoms with Gasteiger partial charge in [0.1, 0.15) is 17.8 Å². The SMILES string of the molecule is Cc1ncc(CO)c(C(OC(=O)[C@@H](N)Cc2ccccc2)OC(=O)[C@@H](N)Cc2ccccc2)c1O. The Bertz CT molecular complexity index is 1080. The number of hydrogen-bond donors (Lipinski definition) is 4. The molecule has 184 valence electrons. The summed E-state index contributed by atoms with van der Waals surface area (Å²) in [6, 6.07) is 16.1. The van der Waals surface area contributed by atoms with E-state index in [4.69, 9.17) is 20.9 Å². The minimum absolute atomic E-state index is 0.0967. The average molecular weight is 480 g/mol. The first kappa shape index (κ1) is 25.8. The van der Waals surface area contributed by atoms with Crippen LogP contribution in [-0.4, -0.2) is 39.2 Å². The van der Waals surface area contributed by atoms with E-state index in [1.807, 2.05) is 60.7 Å². The lowest BCUT2D eigenvalue weighted by Crippen LogP contribution is -2.39. The van der Waals surface area contributed by atoms with Crippen LogP contribution in [0.4, 0.5) is 0 Å². The number of hydrogen-bond acceptors (Lipinski definition) is 9. The number of aryl methyl sites for hydroxylation is 1. The Balaban J connectivity index is 1.84. The molecule has 2 atom stereocenters. The van der Waals surface area contributed by atoms with Gasteiger partial charge in [-0.1, -0.05) is 60.7 Å². The quantitative estimate of drug-likeness (QED) is 0.251. The van der Waals surface area contributed by atoms with Gasteiger partial charge in [-0.25, -0.2) is 0 Å². The maximum atomic E-state index is 12.8. The molecule has 6 N–H and O–H groups in total. The van der Waals surface area contributed by atoms with Gasteiger partial charge in [0.15, 0.2) is 0 Å². The zero-order chi connectivity index (χ0) is 25.4. The number of benzene rings is 2. The van der Waals surface area contributed by atoms with Gasteiger partial charge in [-0.3, -0.25) is 14.6 Å². The molecule has 0 fully saturated rings. The smallest absolute Gasteiger partial charge is 0.326 e. The first-order chi connectivity index (χ1) is 16.8. The van der Waals surface area contributed by atoms with Crippen LogP contribution in [0.1, 0.15) is 34.2 Å². The zero-order valence-corrected chi connectivity index (χ0v) is 19.3. The van der Waals surface area contributed by atoms with Crippen LogP contribution in [0, 0.1) is 6.92 Å². The third-order valence-electron chi connectivity index (χ3n) is 5.41. The first-order valence-electron chi connectivity index (χ1n) is 11.1. The summed E-state index contributed by atoms with van der Waals surface area (Å²) in [7, 11) is 0. The van der Waals surface area contributed by atoms with E-state index >= 15 is 0 Å². The third-order valence-corrected chi connectivity index (χ3v) is 5.41. The molecule has 35 heavy (non-hydrogen) atoms. The fourth-order valence-corrected chi connectivity index (χ4v) is 3.47. The fourth-order valence-electron chi connectivity index (χ4n) is 3.47. The fraction of sp³-hybridized carbons (Fsp3) is 0.269.